The molecule has 0 radical (unpaired) electrons. The normalized spacial score (nSPS) is 11.2. The first-order chi connectivity index (χ1) is 6.94. The lowest BCUT2D eigenvalue weighted by Crippen LogP contribution is -2.40. The molecule has 0 aliphatic rings. The predicted octanol–water partition coefficient (Wildman–Crippen LogP) is 1.71. The summed E-state index contributed by atoms with van der Waals surface area (Å²) in [6.07, 6.45) is 0. The number of hydrogen-bond acceptors (Lipinski definition) is 2. The quantitative estimate of drug-likeness (QED) is 0.775. The van der Waals surface area contributed by atoms with Gasteiger partial charge in [-0.2, -0.15) is 0 Å². The SMILES string of the molecule is CC(C)(C)NC(=O)c1ccccc1CO. The summed E-state index contributed by atoms with van der Waals surface area (Å²) >= 11 is 0. The van der Waals surface area contributed by atoms with Crippen molar-refractivity contribution in [3.05, 3.63) is 35.4 Å². The molecule has 0 unspecified atom stereocenters. The van der Waals surface area contributed by atoms with Crippen molar-refractivity contribution in [1.82, 2.24) is 5.32 Å². The van der Waals surface area contributed by atoms with E-state index in [1.807, 2.05) is 20.8 Å². The van der Waals surface area contributed by atoms with Crippen LogP contribution in [0.3, 0.4) is 0 Å². The second-order valence-corrected chi connectivity index (χ2v) is 4.52. The van der Waals surface area contributed by atoms with Crippen LogP contribution in [0.2, 0.25) is 0 Å². The van der Waals surface area contributed by atoms with Crippen LogP contribution in [0.25, 0.3) is 0 Å². The highest BCUT2D eigenvalue weighted by Gasteiger charge is 2.16. The molecule has 1 rings (SSSR count). The zero-order valence-corrected chi connectivity index (χ0v) is 9.37. The molecule has 15 heavy (non-hydrogen) atoms. The molecular formula is C12H17NO2. The van der Waals surface area contributed by atoms with Gasteiger partial charge in [0, 0.05) is 11.1 Å². The zero-order chi connectivity index (χ0) is 11.5. The van der Waals surface area contributed by atoms with Gasteiger partial charge >= 0.3 is 0 Å². The van der Waals surface area contributed by atoms with E-state index >= 15 is 0 Å². The van der Waals surface area contributed by atoms with Gasteiger partial charge in [-0.05, 0) is 32.4 Å². The molecule has 0 atom stereocenters. The molecule has 0 spiro atoms. The number of benzene rings is 1. The summed E-state index contributed by atoms with van der Waals surface area (Å²) in [5.74, 6) is -0.146. The number of hydrogen-bond donors (Lipinski definition) is 2. The average molecular weight is 207 g/mol. The van der Waals surface area contributed by atoms with Gasteiger partial charge in [0.2, 0.25) is 0 Å². The van der Waals surface area contributed by atoms with Crippen molar-refractivity contribution in [2.45, 2.75) is 32.9 Å². The standard InChI is InChI=1S/C12H17NO2/c1-12(2,3)13-11(15)10-7-5-4-6-9(10)8-14/h4-7,14H,8H2,1-3H3,(H,13,15). The summed E-state index contributed by atoms with van der Waals surface area (Å²) in [5, 5.41) is 11.9. The number of aliphatic hydroxyl groups excluding tert-OH is 1. The van der Waals surface area contributed by atoms with Gasteiger partial charge in [0.05, 0.1) is 6.61 Å². The number of carbonyl (C=O) groups is 1. The first-order valence-corrected chi connectivity index (χ1v) is 4.95. The van der Waals surface area contributed by atoms with Crippen LogP contribution in [0, 0.1) is 0 Å². The molecular weight excluding hydrogens is 190 g/mol. The van der Waals surface area contributed by atoms with E-state index in [4.69, 9.17) is 5.11 Å². The van der Waals surface area contributed by atoms with Gasteiger partial charge in [-0.15, -0.1) is 0 Å². The van der Waals surface area contributed by atoms with E-state index in [1.165, 1.54) is 0 Å². The molecule has 0 aliphatic heterocycles. The maximum atomic E-state index is 11.8. The van der Waals surface area contributed by atoms with Crippen LogP contribution in [0.1, 0.15) is 36.7 Å². The molecule has 1 aromatic carbocycles. The summed E-state index contributed by atoms with van der Waals surface area (Å²) < 4.78 is 0. The van der Waals surface area contributed by atoms with E-state index in [1.54, 1.807) is 24.3 Å². The van der Waals surface area contributed by atoms with Crippen molar-refractivity contribution in [2.24, 2.45) is 0 Å². The lowest BCUT2D eigenvalue weighted by molar-refractivity contribution is 0.0916. The Morgan fingerprint density at radius 1 is 1.33 bits per heavy atom. The highest BCUT2D eigenvalue weighted by Crippen LogP contribution is 2.10. The Hall–Kier alpha value is -1.35. The van der Waals surface area contributed by atoms with Gasteiger partial charge in [-0.1, -0.05) is 18.2 Å². The Bertz CT molecular complexity index is 353. The van der Waals surface area contributed by atoms with Crippen LogP contribution in [-0.4, -0.2) is 16.6 Å². The number of amides is 1. The van der Waals surface area contributed by atoms with Crippen molar-refractivity contribution in [2.75, 3.05) is 0 Å². The highest BCUT2D eigenvalue weighted by atomic mass is 16.3. The summed E-state index contributed by atoms with van der Waals surface area (Å²) in [7, 11) is 0. The van der Waals surface area contributed by atoms with Gasteiger partial charge in [0.25, 0.3) is 5.91 Å². The third-order valence-electron chi connectivity index (χ3n) is 1.92. The van der Waals surface area contributed by atoms with Gasteiger partial charge in [0.15, 0.2) is 0 Å². The number of carbonyl (C=O) groups excluding carboxylic acids is 1. The maximum Gasteiger partial charge on any atom is 0.252 e. The Labute approximate surface area is 90.1 Å². The largest absolute Gasteiger partial charge is 0.392 e. The second-order valence-electron chi connectivity index (χ2n) is 4.52. The fourth-order valence-electron chi connectivity index (χ4n) is 1.29. The maximum absolute atomic E-state index is 11.8. The zero-order valence-electron chi connectivity index (χ0n) is 9.37. The van der Waals surface area contributed by atoms with Crippen molar-refractivity contribution in [3.63, 3.8) is 0 Å². The molecule has 0 heterocycles. The third kappa shape index (κ3) is 3.36. The van der Waals surface area contributed by atoms with Crippen LogP contribution in [0.15, 0.2) is 24.3 Å². The van der Waals surface area contributed by atoms with Gasteiger partial charge in [-0.25, -0.2) is 0 Å². The fraction of sp³-hybridized carbons (Fsp3) is 0.417. The molecule has 2 N–H and O–H groups in total. The topological polar surface area (TPSA) is 49.3 Å². The molecule has 3 nitrogen and oxygen atoms in total. The smallest absolute Gasteiger partial charge is 0.252 e. The molecule has 3 heteroatoms. The average Bonchev–Trinajstić information content (AvgIpc) is 2.15. The van der Waals surface area contributed by atoms with Crippen molar-refractivity contribution in [1.29, 1.82) is 0 Å². The van der Waals surface area contributed by atoms with Gasteiger partial charge < -0.3 is 10.4 Å². The van der Waals surface area contributed by atoms with E-state index < -0.39 is 0 Å². The molecule has 0 aromatic heterocycles. The Balaban J connectivity index is 2.91. The van der Waals surface area contributed by atoms with Crippen molar-refractivity contribution >= 4 is 5.91 Å². The summed E-state index contributed by atoms with van der Waals surface area (Å²) in [5.41, 5.74) is 0.925. The van der Waals surface area contributed by atoms with E-state index in [9.17, 15) is 4.79 Å². The van der Waals surface area contributed by atoms with Crippen LogP contribution in [0.4, 0.5) is 0 Å². The summed E-state index contributed by atoms with van der Waals surface area (Å²) in [6, 6.07) is 7.06. The molecule has 0 saturated carbocycles. The molecule has 1 aromatic rings. The molecule has 0 aliphatic carbocycles. The van der Waals surface area contributed by atoms with Crippen molar-refractivity contribution in [3.8, 4) is 0 Å². The van der Waals surface area contributed by atoms with Gasteiger partial charge in [0.1, 0.15) is 0 Å². The summed E-state index contributed by atoms with van der Waals surface area (Å²) in [4.78, 5) is 11.8. The molecule has 0 fully saturated rings. The molecule has 82 valence electrons. The first kappa shape index (κ1) is 11.7. The van der Waals surface area contributed by atoms with Gasteiger partial charge in [-0.3, -0.25) is 4.79 Å². The van der Waals surface area contributed by atoms with Crippen LogP contribution < -0.4 is 5.32 Å². The lowest BCUT2D eigenvalue weighted by Gasteiger charge is -2.21. The monoisotopic (exact) mass is 207 g/mol. The minimum atomic E-state index is -0.264. The highest BCUT2D eigenvalue weighted by molar-refractivity contribution is 5.96. The van der Waals surface area contributed by atoms with E-state index in [0.29, 0.717) is 11.1 Å². The molecule has 1 amide bonds. The Kier molecular flexibility index (Phi) is 3.48. The Morgan fingerprint density at radius 2 is 1.93 bits per heavy atom. The van der Waals surface area contributed by atoms with Crippen LogP contribution in [0.5, 0.6) is 0 Å². The minimum Gasteiger partial charge on any atom is -0.392 e. The molecule has 0 saturated heterocycles. The number of nitrogens with one attached hydrogen (secondary N) is 1. The van der Waals surface area contributed by atoms with E-state index in [2.05, 4.69) is 5.32 Å². The lowest BCUT2D eigenvalue weighted by atomic mass is 10.0. The fourth-order valence-corrected chi connectivity index (χ4v) is 1.29. The number of aliphatic hydroxyl groups is 1. The van der Waals surface area contributed by atoms with Crippen molar-refractivity contribution < 1.29 is 9.90 Å². The van der Waals surface area contributed by atoms with Crippen LogP contribution in [-0.2, 0) is 6.61 Å². The van der Waals surface area contributed by atoms with Crippen LogP contribution >= 0.6 is 0 Å². The third-order valence-corrected chi connectivity index (χ3v) is 1.92. The second kappa shape index (κ2) is 4.45. The molecule has 0 bridgehead atoms. The van der Waals surface area contributed by atoms with E-state index in [0.717, 1.165) is 0 Å². The predicted molar refractivity (Wildman–Crippen MR) is 59.6 cm³/mol. The Morgan fingerprint density at radius 3 is 2.47 bits per heavy atom. The number of rotatable bonds is 2. The minimum absolute atomic E-state index is 0.117. The summed E-state index contributed by atoms with van der Waals surface area (Å²) in [6.45, 7) is 5.65. The van der Waals surface area contributed by atoms with E-state index in [-0.39, 0.29) is 18.1 Å². The first-order valence-electron chi connectivity index (χ1n) is 4.95.